The molecule has 0 saturated carbocycles. The van der Waals surface area contributed by atoms with E-state index in [1.807, 2.05) is 36.4 Å². The number of benzene rings is 1. The Kier molecular flexibility index (Phi) is 2.59. The van der Waals surface area contributed by atoms with Crippen molar-refractivity contribution in [2.24, 2.45) is 5.92 Å². The Balaban J connectivity index is 2.10. The quantitative estimate of drug-likeness (QED) is 0.754. The average Bonchev–Trinajstić information content (AvgIpc) is 2.79. The molecular formula is C15H14N2O. The molecule has 0 N–H and O–H groups in total. The van der Waals surface area contributed by atoms with Crippen LogP contribution in [-0.2, 0) is 4.79 Å². The highest BCUT2D eigenvalue weighted by Crippen LogP contribution is 2.29. The first kappa shape index (κ1) is 11.0. The fraction of sp³-hybridized carbons (Fsp3) is 0.200. The first-order chi connectivity index (χ1) is 8.79. The molecule has 18 heavy (non-hydrogen) atoms. The molecule has 0 spiro atoms. The third kappa shape index (κ3) is 1.68. The topological polar surface area (TPSA) is 33.2 Å². The highest BCUT2D eigenvalue weighted by atomic mass is 16.2. The van der Waals surface area contributed by atoms with Crippen LogP contribution in [0, 0.1) is 5.92 Å². The van der Waals surface area contributed by atoms with Gasteiger partial charge in [0.1, 0.15) is 5.82 Å². The van der Waals surface area contributed by atoms with Crippen molar-refractivity contribution in [2.75, 3.05) is 11.4 Å². The normalized spacial score (nSPS) is 19.4. The molecule has 90 valence electrons. The van der Waals surface area contributed by atoms with Crippen LogP contribution in [0.5, 0.6) is 0 Å². The van der Waals surface area contributed by atoms with Crippen molar-refractivity contribution in [1.82, 2.24) is 4.98 Å². The molecule has 1 aromatic heterocycles. The van der Waals surface area contributed by atoms with Gasteiger partial charge in [-0.25, -0.2) is 4.98 Å². The second-order valence-corrected chi connectivity index (χ2v) is 4.56. The molecule has 2 aromatic rings. The minimum absolute atomic E-state index is 0.128. The van der Waals surface area contributed by atoms with E-state index in [1.54, 1.807) is 11.1 Å². The number of hydrogen-bond donors (Lipinski definition) is 0. The second kappa shape index (κ2) is 4.26. The molecule has 3 nitrogen and oxygen atoms in total. The zero-order valence-corrected chi connectivity index (χ0v) is 10.0. The number of carbonyl (C=O) groups is 1. The summed E-state index contributed by atoms with van der Waals surface area (Å²) in [4.78, 5) is 18.2. The summed E-state index contributed by atoms with van der Waals surface area (Å²) >= 11 is 0. The van der Waals surface area contributed by atoms with Crippen LogP contribution in [0.25, 0.3) is 10.8 Å². The fourth-order valence-electron chi connectivity index (χ4n) is 2.42. The van der Waals surface area contributed by atoms with Gasteiger partial charge < -0.3 is 0 Å². The van der Waals surface area contributed by atoms with E-state index in [0.717, 1.165) is 16.6 Å². The highest BCUT2D eigenvalue weighted by Gasteiger charge is 2.30. The number of nitrogens with zero attached hydrogens (tertiary/aromatic N) is 2. The lowest BCUT2D eigenvalue weighted by Gasteiger charge is -2.17. The fourth-order valence-corrected chi connectivity index (χ4v) is 2.42. The van der Waals surface area contributed by atoms with E-state index in [2.05, 4.69) is 11.6 Å². The maximum atomic E-state index is 12.0. The molecule has 1 aromatic carbocycles. The molecule has 3 rings (SSSR count). The van der Waals surface area contributed by atoms with Gasteiger partial charge in [-0.15, -0.1) is 6.58 Å². The largest absolute Gasteiger partial charge is 0.296 e. The number of fused-ring (bicyclic) bond motifs is 1. The predicted octanol–water partition coefficient (Wildman–Crippen LogP) is 2.77. The van der Waals surface area contributed by atoms with Crippen LogP contribution in [-0.4, -0.2) is 17.4 Å². The van der Waals surface area contributed by atoms with Crippen LogP contribution in [0.4, 0.5) is 5.82 Å². The van der Waals surface area contributed by atoms with Crippen LogP contribution in [0.2, 0.25) is 0 Å². The molecule has 1 aliphatic rings. The Morgan fingerprint density at radius 3 is 2.94 bits per heavy atom. The van der Waals surface area contributed by atoms with Crippen molar-refractivity contribution < 1.29 is 4.79 Å². The number of aromatic nitrogens is 1. The first-order valence-electron chi connectivity index (χ1n) is 6.06. The monoisotopic (exact) mass is 238 g/mol. The van der Waals surface area contributed by atoms with Gasteiger partial charge in [-0.3, -0.25) is 9.69 Å². The molecule has 2 heterocycles. The molecular weight excluding hydrogens is 224 g/mol. The maximum Gasteiger partial charge on any atom is 0.228 e. The maximum absolute atomic E-state index is 12.0. The zero-order chi connectivity index (χ0) is 12.5. The van der Waals surface area contributed by atoms with Crippen LogP contribution in [0.15, 0.2) is 49.2 Å². The molecule has 1 atom stereocenters. The van der Waals surface area contributed by atoms with Crippen molar-refractivity contribution in [3.63, 3.8) is 0 Å². The Morgan fingerprint density at radius 2 is 2.17 bits per heavy atom. The summed E-state index contributed by atoms with van der Waals surface area (Å²) < 4.78 is 0. The SMILES string of the molecule is C=CC1CC(=O)N(c2nccc3ccccc23)C1. The van der Waals surface area contributed by atoms with E-state index >= 15 is 0 Å². The summed E-state index contributed by atoms with van der Waals surface area (Å²) in [5, 5.41) is 2.13. The number of amides is 1. The molecule has 1 amide bonds. The van der Waals surface area contributed by atoms with Gasteiger partial charge in [0.15, 0.2) is 0 Å². The summed E-state index contributed by atoms with van der Waals surface area (Å²) in [5.41, 5.74) is 0. The zero-order valence-electron chi connectivity index (χ0n) is 10.0. The Labute approximate surface area is 106 Å². The first-order valence-corrected chi connectivity index (χ1v) is 6.06. The van der Waals surface area contributed by atoms with E-state index in [0.29, 0.717) is 13.0 Å². The summed E-state index contributed by atoms with van der Waals surface area (Å²) in [6.07, 6.45) is 4.14. The van der Waals surface area contributed by atoms with Crippen molar-refractivity contribution in [3.8, 4) is 0 Å². The highest BCUT2D eigenvalue weighted by molar-refractivity contribution is 6.03. The summed E-state index contributed by atoms with van der Waals surface area (Å²) in [6, 6.07) is 9.96. The lowest BCUT2D eigenvalue weighted by molar-refractivity contribution is -0.117. The van der Waals surface area contributed by atoms with E-state index in [-0.39, 0.29) is 11.8 Å². The van der Waals surface area contributed by atoms with Gasteiger partial charge in [-0.1, -0.05) is 30.3 Å². The second-order valence-electron chi connectivity index (χ2n) is 4.56. The number of hydrogen-bond acceptors (Lipinski definition) is 2. The number of pyridine rings is 1. The molecule has 1 saturated heterocycles. The van der Waals surface area contributed by atoms with Gasteiger partial charge >= 0.3 is 0 Å². The summed E-state index contributed by atoms with van der Waals surface area (Å²) in [5.74, 6) is 1.13. The third-order valence-electron chi connectivity index (χ3n) is 3.40. The third-order valence-corrected chi connectivity index (χ3v) is 3.40. The molecule has 0 radical (unpaired) electrons. The lowest BCUT2D eigenvalue weighted by Crippen LogP contribution is -2.25. The van der Waals surface area contributed by atoms with Gasteiger partial charge in [0, 0.05) is 30.5 Å². The lowest BCUT2D eigenvalue weighted by atomic mass is 10.1. The van der Waals surface area contributed by atoms with Crippen molar-refractivity contribution in [3.05, 3.63) is 49.2 Å². The Bertz CT molecular complexity index is 615. The van der Waals surface area contributed by atoms with Crippen LogP contribution < -0.4 is 4.90 Å². The molecule has 1 unspecified atom stereocenters. The van der Waals surface area contributed by atoms with Gasteiger partial charge in [-0.05, 0) is 11.5 Å². The van der Waals surface area contributed by atoms with Crippen LogP contribution in [0.3, 0.4) is 0 Å². The Morgan fingerprint density at radius 1 is 1.33 bits per heavy atom. The van der Waals surface area contributed by atoms with E-state index < -0.39 is 0 Å². The minimum atomic E-state index is 0.128. The molecule has 1 fully saturated rings. The minimum Gasteiger partial charge on any atom is -0.296 e. The molecule has 0 aliphatic carbocycles. The van der Waals surface area contributed by atoms with Gasteiger partial charge in [0.05, 0.1) is 0 Å². The smallest absolute Gasteiger partial charge is 0.228 e. The number of carbonyl (C=O) groups excluding carboxylic acids is 1. The summed E-state index contributed by atoms with van der Waals surface area (Å²) in [7, 11) is 0. The Hall–Kier alpha value is -2.16. The summed E-state index contributed by atoms with van der Waals surface area (Å²) in [6.45, 7) is 4.45. The van der Waals surface area contributed by atoms with E-state index in [1.165, 1.54) is 0 Å². The molecule has 3 heteroatoms. The van der Waals surface area contributed by atoms with E-state index in [4.69, 9.17) is 0 Å². The van der Waals surface area contributed by atoms with Crippen molar-refractivity contribution in [1.29, 1.82) is 0 Å². The van der Waals surface area contributed by atoms with E-state index in [9.17, 15) is 4.79 Å². The van der Waals surface area contributed by atoms with Crippen LogP contribution in [0.1, 0.15) is 6.42 Å². The van der Waals surface area contributed by atoms with Gasteiger partial charge in [0.25, 0.3) is 0 Å². The standard InChI is InChI=1S/C15H14N2O/c1-2-11-9-14(18)17(10-11)15-13-6-4-3-5-12(13)7-8-16-15/h2-8,11H,1,9-10H2. The molecule has 1 aliphatic heterocycles. The number of rotatable bonds is 2. The average molecular weight is 238 g/mol. The predicted molar refractivity (Wildman–Crippen MR) is 72.4 cm³/mol. The molecule has 0 bridgehead atoms. The van der Waals surface area contributed by atoms with Crippen LogP contribution >= 0.6 is 0 Å². The van der Waals surface area contributed by atoms with Gasteiger partial charge in [-0.2, -0.15) is 0 Å². The van der Waals surface area contributed by atoms with Crippen molar-refractivity contribution in [2.45, 2.75) is 6.42 Å². The van der Waals surface area contributed by atoms with Crippen molar-refractivity contribution >= 4 is 22.5 Å². The van der Waals surface area contributed by atoms with Gasteiger partial charge in [0.2, 0.25) is 5.91 Å². The number of anilines is 1.